The van der Waals surface area contributed by atoms with Crippen molar-refractivity contribution >= 4 is 21.6 Å². The van der Waals surface area contributed by atoms with Gasteiger partial charge < -0.3 is 0 Å². The van der Waals surface area contributed by atoms with Crippen molar-refractivity contribution in [3.05, 3.63) is 0 Å². The predicted octanol–water partition coefficient (Wildman–Crippen LogP) is 3.82. The lowest BCUT2D eigenvalue weighted by molar-refractivity contribution is 0.205. The van der Waals surface area contributed by atoms with E-state index >= 15 is 0 Å². The van der Waals surface area contributed by atoms with Crippen LogP contribution in [0.15, 0.2) is 0 Å². The molecule has 0 N–H and O–H groups in total. The highest BCUT2D eigenvalue weighted by Crippen LogP contribution is 2.42. The summed E-state index contributed by atoms with van der Waals surface area (Å²) in [6.07, 6.45) is 2.81. The van der Waals surface area contributed by atoms with Crippen LogP contribution in [0.3, 0.4) is 0 Å². The van der Waals surface area contributed by atoms with Gasteiger partial charge in [-0.05, 0) is 24.2 Å². The van der Waals surface area contributed by atoms with E-state index in [-0.39, 0.29) is 0 Å². The topological polar surface area (TPSA) is 0 Å². The average molecular weight is 190 g/mol. The molecule has 1 aliphatic rings. The van der Waals surface area contributed by atoms with Gasteiger partial charge in [0.25, 0.3) is 0 Å². The van der Waals surface area contributed by atoms with Crippen molar-refractivity contribution in [3.8, 4) is 0 Å². The lowest BCUT2D eigenvalue weighted by Gasteiger charge is -2.31. The second-order valence-electron chi connectivity index (χ2n) is 3.95. The zero-order valence-corrected chi connectivity index (χ0v) is 9.36. The van der Waals surface area contributed by atoms with Gasteiger partial charge in [-0.3, -0.25) is 0 Å². The van der Waals surface area contributed by atoms with Crippen LogP contribution < -0.4 is 0 Å². The first-order valence-corrected chi connectivity index (χ1v) is 6.88. The molecule has 0 aromatic rings. The molecule has 1 saturated heterocycles. The third kappa shape index (κ3) is 2.59. The molecule has 0 aliphatic carbocycles. The summed E-state index contributed by atoms with van der Waals surface area (Å²) < 4.78 is 0. The third-order valence-electron chi connectivity index (χ3n) is 2.99. The number of hydrogen-bond donors (Lipinski definition) is 0. The van der Waals surface area contributed by atoms with Gasteiger partial charge in [-0.2, -0.15) is 0 Å². The van der Waals surface area contributed by atoms with Crippen molar-refractivity contribution in [3.63, 3.8) is 0 Å². The Bertz CT molecular complexity index is 113. The Morgan fingerprint density at radius 1 is 1.09 bits per heavy atom. The van der Waals surface area contributed by atoms with Crippen molar-refractivity contribution in [2.24, 2.45) is 11.3 Å². The highest BCUT2D eigenvalue weighted by atomic mass is 33.1. The molecule has 0 radical (unpaired) electrons. The molecule has 1 aliphatic heterocycles. The van der Waals surface area contributed by atoms with Crippen LogP contribution in [0.25, 0.3) is 0 Å². The van der Waals surface area contributed by atoms with Gasteiger partial charge in [0.05, 0.1) is 0 Å². The molecule has 2 heteroatoms. The predicted molar refractivity (Wildman–Crippen MR) is 57.1 cm³/mol. The number of rotatable bonds is 1. The molecule has 0 nitrogen and oxygen atoms in total. The Kier molecular flexibility index (Phi) is 3.63. The molecule has 0 unspecified atom stereocenters. The summed E-state index contributed by atoms with van der Waals surface area (Å²) in [5.74, 6) is 3.54. The van der Waals surface area contributed by atoms with Gasteiger partial charge in [0, 0.05) is 11.5 Å². The van der Waals surface area contributed by atoms with Crippen LogP contribution in [0.5, 0.6) is 0 Å². The van der Waals surface area contributed by atoms with Gasteiger partial charge in [0.2, 0.25) is 0 Å². The Labute approximate surface area is 78.3 Å². The van der Waals surface area contributed by atoms with Crippen molar-refractivity contribution in [1.82, 2.24) is 0 Å². The molecule has 1 rings (SSSR count). The second-order valence-corrected chi connectivity index (χ2v) is 6.65. The average Bonchev–Trinajstić information content (AvgIpc) is 2.15. The Hall–Kier alpha value is 0.700. The summed E-state index contributed by atoms with van der Waals surface area (Å²) >= 11 is 0. The van der Waals surface area contributed by atoms with Gasteiger partial charge in [-0.1, -0.05) is 42.4 Å². The lowest BCUT2D eigenvalue weighted by Crippen LogP contribution is -2.24. The van der Waals surface area contributed by atoms with E-state index in [2.05, 4.69) is 42.4 Å². The fourth-order valence-electron chi connectivity index (χ4n) is 1.37. The maximum absolute atomic E-state index is 2.45. The van der Waals surface area contributed by atoms with Gasteiger partial charge >= 0.3 is 0 Å². The van der Waals surface area contributed by atoms with E-state index in [1.807, 2.05) is 0 Å². The van der Waals surface area contributed by atoms with Crippen LogP contribution in [0.2, 0.25) is 0 Å². The fourth-order valence-corrected chi connectivity index (χ4v) is 3.91. The molecule has 0 aromatic carbocycles. The van der Waals surface area contributed by atoms with Crippen LogP contribution in [0.1, 0.15) is 33.6 Å². The maximum atomic E-state index is 2.45. The molecule has 0 spiro atoms. The molecule has 0 atom stereocenters. The molecule has 0 amide bonds. The van der Waals surface area contributed by atoms with Crippen LogP contribution in [0.4, 0.5) is 0 Å². The molecule has 11 heavy (non-hydrogen) atoms. The quantitative estimate of drug-likeness (QED) is 0.576. The Morgan fingerprint density at radius 3 is 1.91 bits per heavy atom. The normalized spacial score (nSPS) is 25.1. The summed E-state index contributed by atoms with van der Waals surface area (Å²) in [5.41, 5.74) is 0.622. The zero-order chi connectivity index (χ0) is 8.32. The first kappa shape index (κ1) is 9.79. The first-order valence-electron chi connectivity index (χ1n) is 4.39. The van der Waals surface area contributed by atoms with Crippen LogP contribution in [-0.4, -0.2) is 11.5 Å². The van der Waals surface area contributed by atoms with Crippen molar-refractivity contribution in [1.29, 1.82) is 0 Å². The smallest absolute Gasteiger partial charge is 0.00422 e. The van der Waals surface area contributed by atoms with E-state index in [0.717, 1.165) is 5.92 Å². The Balaban J connectivity index is 2.52. The second kappa shape index (κ2) is 4.08. The monoisotopic (exact) mass is 190 g/mol. The highest BCUT2D eigenvalue weighted by molar-refractivity contribution is 8.76. The highest BCUT2D eigenvalue weighted by Gasteiger charge is 2.28. The van der Waals surface area contributed by atoms with Crippen molar-refractivity contribution < 1.29 is 0 Å². The minimum atomic E-state index is 0.622. The van der Waals surface area contributed by atoms with Gasteiger partial charge in [-0.25, -0.2) is 0 Å². The maximum Gasteiger partial charge on any atom is 0.00422 e. The molecule has 0 aromatic heterocycles. The molecule has 0 bridgehead atoms. The number of hydrogen-bond acceptors (Lipinski definition) is 2. The lowest BCUT2D eigenvalue weighted by atomic mass is 9.75. The largest absolute Gasteiger partial charge is 0.0941 e. The summed E-state index contributed by atoms with van der Waals surface area (Å²) in [6.45, 7) is 7.17. The minimum Gasteiger partial charge on any atom is -0.0941 e. The van der Waals surface area contributed by atoms with Crippen LogP contribution in [-0.2, 0) is 0 Å². The summed E-state index contributed by atoms with van der Waals surface area (Å²) in [4.78, 5) is 0. The molecule has 1 fully saturated rings. The van der Waals surface area contributed by atoms with Crippen molar-refractivity contribution in [2.75, 3.05) is 11.5 Å². The van der Waals surface area contributed by atoms with Gasteiger partial charge in [-0.15, -0.1) is 0 Å². The first-order chi connectivity index (χ1) is 5.15. The standard InChI is InChI=1S/C9H18S2/c1-8(2)9(3)4-6-10-11-7-5-9/h8H,4-7H2,1-3H3. The summed E-state index contributed by atoms with van der Waals surface area (Å²) in [7, 11) is 4.10. The van der Waals surface area contributed by atoms with Crippen LogP contribution >= 0.6 is 21.6 Å². The van der Waals surface area contributed by atoms with E-state index in [9.17, 15) is 0 Å². The molecule has 66 valence electrons. The summed E-state index contributed by atoms with van der Waals surface area (Å²) in [6, 6.07) is 0. The fraction of sp³-hybridized carbons (Fsp3) is 1.00. The van der Waals surface area contributed by atoms with Gasteiger partial charge in [0.15, 0.2) is 0 Å². The van der Waals surface area contributed by atoms with E-state index in [4.69, 9.17) is 0 Å². The van der Waals surface area contributed by atoms with Gasteiger partial charge in [0.1, 0.15) is 0 Å². The van der Waals surface area contributed by atoms with E-state index < -0.39 is 0 Å². The SMILES string of the molecule is CC(C)C1(C)CCSSCC1. The van der Waals surface area contributed by atoms with E-state index in [1.54, 1.807) is 0 Å². The molecule has 0 saturated carbocycles. The molecular formula is C9H18S2. The molecule has 1 heterocycles. The third-order valence-corrected chi connectivity index (χ3v) is 5.40. The van der Waals surface area contributed by atoms with Crippen molar-refractivity contribution in [2.45, 2.75) is 33.6 Å². The zero-order valence-electron chi connectivity index (χ0n) is 7.72. The summed E-state index contributed by atoms with van der Waals surface area (Å²) in [5, 5.41) is 0. The minimum absolute atomic E-state index is 0.622. The van der Waals surface area contributed by atoms with E-state index in [1.165, 1.54) is 24.3 Å². The molecular weight excluding hydrogens is 172 g/mol. The Morgan fingerprint density at radius 2 is 1.55 bits per heavy atom. The van der Waals surface area contributed by atoms with Crippen LogP contribution in [0, 0.1) is 11.3 Å². The van der Waals surface area contributed by atoms with E-state index in [0.29, 0.717) is 5.41 Å².